The highest BCUT2D eigenvalue weighted by Gasteiger charge is 2.09. The second-order valence-electron chi connectivity index (χ2n) is 3.07. The summed E-state index contributed by atoms with van der Waals surface area (Å²) in [5.41, 5.74) is 5.42. The maximum atomic E-state index is 13.2. The van der Waals surface area contributed by atoms with Crippen LogP contribution in [0.5, 0.6) is 11.5 Å². The van der Waals surface area contributed by atoms with Crippen molar-refractivity contribution < 1.29 is 13.5 Å². The SMILES string of the molecule is Nc1cc(Oc2cccc(F)c2F)ccn1. The maximum absolute atomic E-state index is 13.2. The van der Waals surface area contributed by atoms with Crippen LogP contribution in [-0.4, -0.2) is 4.98 Å². The van der Waals surface area contributed by atoms with Gasteiger partial charge < -0.3 is 10.5 Å². The van der Waals surface area contributed by atoms with Gasteiger partial charge in [0, 0.05) is 12.3 Å². The molecule has 16 heavy (non-hydrogen) atoms. The van der Waals surface area contributed by atoms with Crippen LogP contribution < -0.4 is 10.5 Å². The molecule has 0 bridgehead atoms. The summed E-state index contributed by atoms with van der Waals surface area (Å²) >= 11 is 0. The van der Waals surface area contributed by atoms with Gasteiger partial charge in [0.05, 0.1) is 0 Å². The fourth-order valence-corrected chi connectivity index (χ4v) is 1.18. The van der Waals surface area contributed by atoms with Crippen LogP contribution in [0.15, 0.2) is 36.5 Å². The van der Waals surface area contributed by atoms with Gasteiger partial charge in [-0.1, -0.05) is 6.07 Å². The molecule has 0 spiro atoms. The maximum Gasteiger partial charge on any atom is 0.201 e. The molecule has 5 heteroatoms. The lowest BCUT2D eigenvalue weighted by atomic mass is 10.3. The van der Waals surface area contributed by atoms with Crippen LogP contribution in [0.25, 0.3) is 0 Å². The summed E-state index contributed by atoms with van der Waals surface area (Å²) in [4.78, 5) is 3.75. The Bertz CT molecular complexity index is 517. The second-order valence-corrected chi connectivity index (χ2v) is 3.07. The molecule has 0 amide bonds. The molecule has 1 aromatic carbocycles. The van der Waals surface area contributed by atoms with E-state index in [1.54, 1.807) is 0 Å². The molecule has 0 aliphatic heterocycles. The van der Waals surface area contributed by atoms with E-state index >= 15 is 0 Å². The number of hydrogen-bond acceptors (Lipinski definition) is 3. The molecule has 1 heterocycles. The van der Waals surface area contributed by atoms with Gasteiger partial charge in [-0.3, -0.25) is 0 Å². The van der Waals surface area contributed by atoms with E-state index in [0.29, 0.717) is 5.75 Å². The Labute approximate surface area is 90.5 Å². The van der Waals surface area contributed by atoms with Gasteiger partial charge in [0.1, 0.15) is 11.6 Å². The molecule has 1 aromatic heterocycles. The van der Waals surface area contributed by atoms with Gasteiger partial charge in [0.2, 0.25) is 5.82 Å². The molecule has 0 saturated carbocycles. The Morgan fingerprint density at radius 1 is 1.19 bits per heavy atom. The van der Waals surface area contributed by atoms with Crippen LogP contribution in [0.4, 0.5) is 14.6 Å². The standard InChI is InChI=1S/C11H8F2N2O/c12-8-2-1-3-9(11(8)13)16-7-4-5-15-10(14)6-7/h1-6H,(H2,14,15). The highest BCUT2D eigenvalue weighted by Crippen LogP contribution is 2.25. The molecule has 2 N–H and O–H groups in total. The number of aromatic nitrogens is 1. The minimum atomic E-state index is -1.03. The highest BCUT2D eigenvalue weighted by molar-refractivity contribution is 5.39. The zero-order chi connectivity index (χ0) is 11.5. The summed E-state index contributed by atoms with van der Waals surface area (Å²) in [5, 5.41) is 0. The van der Waals surface area contributed by atoms with Gasteiger partial charge in [-0.2, -0.15) is 4.39 Å². The molecule has 0 atom stereocenters. The van der Waals surface area contributed by atoms with Crippen molar-refractivity contribution in [2.75, 3.05) is 5.73 Å². The van der Waals surface area contributed by atoms with Crippen molar-refractivity contribution >= 4 is 5.82 Å². The van der Waals surface area contributed by atoms with E-state index in [-0.39, 0.29) is 11.6 Å². The van der Waals surface area contributed by atoms with E-state index in [1.165, 1.54) is 30.5 Å². The summed E-state index contributed by atoms with van der Waals surface area (Å²) < 4.78 is 31.2. The van der Waals surface area contributed by atoms with Gasteiger partial charge in [-0.25, -0.2) is 9.37 Å². The average molecular weight is 222 g/mol. The minimum absolute atomic E-state index is 0.189. The molecule has 2 rings (SSSR count). The largest absolute Gasteiger partial charge is 0.454 e. The van der Waals surface area contributed by atoms with Crippen molar-refractivity contribution in [3.63, 3.8) is 0 Å². The number of ether oxygens (including phenoxy) is 1. The lowest BCUT2D eigenvalue weighted by Crippen LogP contribution is -1.93. The summed E-state index contributed by atoms with van der Waals surface area (Å²) in [6.45, 7) is 0. The van der Waals surface area contributed by atoms with Crippen LogP contribution >= 0.6 is 0 Å². The fourth-order valence-electron chi connectivity index (χ4n) is 1.18. The van der Waals surface area contributed by atoms with E-state index in [0.717, 1.165) is 6.07 Å². The summed E-state index contributed by atoms with van der Waals surface area (Å²) in [6, 6.07) is 6.63. The number of nitrogens with two attached hydrogens (primary N) is 1. The van der Waals surface area contributed by atoms with E-state index in [9.17, 15) is 8.78 Å². The fraction of sp³-hybridized carbons (Fsp3) is 0. The molecular formula is C11H8F2N2O. The summed E-state index contributed by atoms with van der Waals surface area (Å²) in [5.74, 6) is -1.63. The number of hydrogen-bond donors (Lipinski definition) is 1. The quantitative estimate of drug-likeness (QED) is 0.849. The van der Waals surface area contributed by atoms with E-state index in [2.05, 4.69) is 4.98 Å². The predicted molar refractivity (Wildman–Crippen MR) is 55.1 cm³/mol. The molecule has 0 aliphatic rings. The van der Waals surface area contributed by atoms with E-state index in [1.807, 2.05) is 0 Å². The van der Waals surface area contributed by atoms with E-state index < -0.39 is 11.6 Å². The third-order valence-corrected chi connectivity index (χ3v) is 1.90. The zero-order valence-electron chi connectivity index (χ0n) is 8.15. The average Bonchev–Trinajstić information content (AvgIpc) is 2.25. The van der Waals surface area contributed by atoms with E-state index in [4.69, 9.17) is 10.5 Å². The number of rotatable bonds is 2. The Morgan fingerprint density at radius 3 is 2.75 bits per heavy atom. The first kappa shape index (κ1) is 10.4. The number of nitrogens with zero attached hydrogens (tertiary/aromatic N) is 1. The second kappa shape index (κ2) is 4.14. The van der Waals surface area contributed by atoms with Crippen molar-refractivity contribution in [3.8, 4) is 11.5 Å². The normalized spacial score (nSPS) is 10.1. The number of benzene rings is 1. The van der Waals surface area contributed by atoms with Crippen LogP contribution in [-0.2, 0) is 0 Å². The zero-order valence-corrected chi connectivity index (χ0v) is 8.15. The van der Waals surface area contributed by atoms with Gasteiger partial charge in [-0.05, 0) is 18.2 Å². The molecular weight excluding hydrogens is 214 g/mol. The summed E-state index contributed by atoms with van der Waals surface area (Å²) in [7, 11) is 0. The Kier molecular flexibility index (Phi) is 2.68. The van der Waals surface area contributed by atoms with Crippen LogP contribution in [0.2, 0.25) is 0 Å². The van der Waals surface area contributed by atoms with Gasteiger partial charge in [-0.15, -0.1) is 0 Å². The molecule has 0 fully saturated rings. The van der Waals surface area contributed by atoms with Crippen molar-refractivity contribution in [2.45, 2.75) is 0 Å². The van der Waals surface area contributed by atoms with Crippen LogP contribution in [0, 0.1) is 11.6 Å². The Morgan fingerprint density at radius 2 is 2.00 bits per heavy atom. The van der Waals surface area contributed by atoms with Gasteiger partial charge >= 0.3 is 0 Å². The van der Waals surface area contributed by atoms with Crippen molar-refractivity contribution in [1.82, 2.24) is 4.98 Å². The Hall–Kier alpha value is -2.17. The predicted octanol–water partition coefficient (Wildman–Crippen LogP) is 2.73. The molecule has 3 nitrogen and oxygen atoms in total. The first-order valence-electron chi connectivity index (χ1n) is 4.50. The lowest BCUT2D eigenvalue weighted by molar-refractivity contribution is 0.416. The highest BCUT2D eigenvalue weighted by atomic mass is 19.2. The minimum Gasteiger partial charge on any atom is -0.454 e. The van der Waals surface area contributed by atoms with Gasteiger partial charge in [0.25, 0.3) is 0 Å². The first-order valence-corrected chi connectivity index (χ1v) is 4.50. The van der Waals surface area contributed by atoms with Crippen LogP contribution in [0.3, 0.4) is 0 Å². The third-order valence-electron chi connectivity index (χ3n) is 1.90. The first-order chi connectivity index (χ1) is 7.66. The molecule has 82 valence electrons. The molecule has 2 aromatic rings. The molecule has 0 radical (unpaired) electrons. The number of anilines is 1. The third kappa shape index (κ3) is 2.08. The molecule has 0 aliphatic carbocycles. The molecule has 0 unspecified atom stereocenters. The lowest BCUT2D eigenvalue weighted by Gasteiger charge is -2.06. The monoisotopic (exact) mass is 222 g/mol. The number of nitrogen functional groups attached to an aromatic ring is 1. The Balaban J connectivity index is 2.31. The smallest absolute Gasteiger partial charge is 0.201 e. The number of halogens is 2. The van der Waals surface area contributed by atoms with Crippen molar-refractivity contribution in [2.24, 2.45) is 0 Å². The van der Waals surface area contributed by atoms with Crippen molar-refractivity contribution in [1.29, 1.82) is 0 Å². The van der Waals surface area contributed by atoms with Crippen LogP contribution in [0.1, 0.15) is 0 Å². The summed E-state index contributed by atoms with van der Waals surface area (Å²) in [6.07, 6.45) is 1.42. The van der Waals surface area contributed by atoms with Gasteiger partial charge in [0.15, 0.2) is 11.6 Å². The molecule has 0 saturated heterocycles. The van der Waals surface area contributed by atoms with Crippen molar-refractivity contribution in [3.05, 3.63) is 48.2 Å². The number of pyridine rings is 1. The topological polar surface area (TPSA) is 48.1 Å².